The molecular weight excluding hydrogens is 295 g/mol. The topological polar surface area (TPSA) is 59.0 Å². The first-order valence-corrected chi connectivity index (χ1v) is 7.75. The number of hydrogen-bond donors (Lipinski definition) is 2. The van der Waals surface area contributed by atoms with Crippen LogP contribution < -0.4 is 10.6 Å². The van der Waals surface area contributed by atoms with Crippen LogP contribution in [0.15, 0.2) is 43.0 Å². The first-order valence-electron chi connectivity index (χ1n) is 7.75. The molecule has 0 radical (unpaired) electrons. The number of hydrogen-bond acceptors (Lipinski definition) is 3. The molecule has 23 heavy (non-hydrogen) atoms. The monoisotopic (exact) mass is 318 g/mol. The van der Waals surface area contributed by atoms with E-state index in [0.29, 0.717) is 11.5 Å². The van der Waals surface area contributed by atoms with Gasteiger partial charge >= 0.3 is 0 Å². The molecule has 0 saturated heterocycles. The number of rotatable bonds is 8. The van der Waals surface area contributed by atoms with Gasteiger partial charge in [-0.15, -0.1) is 0 Å². The summed E-state index contributed by atoms with van der Waals surface area (Å²) in [6.45, 7) is 5.35. The van der Waals surface area contributed by atoms with Gasteiger partial charge < -0.3 is 15.2 Å². The molecule has 2 aromatic rings. The second-order valence-electron chi connectivity index (χ2n) is 5.86. The molecule has 2 N–H and O–H groups in total. The maximum absolute atomic E-state index is 13.5. The average molecular weight is 318 g/mol. The van der Waals surface area contributed by atoms with Crippen LogP contribution in [0.1, 0.15) is 19.4 Å². The Hall–Kier alpha value is -2.21. The third-order valence-corrected chi connectivity index (χ3v) is 3.73. The second-order valence-corrected chi connectivity index (χ2v) is 5.86. The van der Waals surface area contributed by atoms with Gasteiger partial charge in [0.25, 0.3) is 0 Å². The molecule has 1 amide bonds. The number of carbonyl (C=O) groups is 1. The van der Waals surface area contributed by atoms with Crippen molar-refractivity contribution in [2.45, 2.75) is 33.0 Å². The zero-order valence-electron chi connectivity index (χ0n) is 13.5. The van der Waals surface area contributed by atoms with Crippen LogP contribution in [-0.2, 0) is 17.9 Å². The summed E-state index contributed by atoms with van der Waals surface area (Å²) < 4.78 is 15.5. The van der Waals surface area contributed by atoms with Crippen LogP contribution in [0.25, 0.3) is 0 Å². The molecule has 0 bridgehead atoms. The van der Waals surface area contributed by atoms with Gasteiger partial charge in [-0.25, -0.2) is 9.37 Å². The van der Waals surface area contributed by atoms with E-state index in [1.54, 1.807) is 30.7 Å². The molecule has 0 aliphatic heterocycles. The van der Waals surface area contributed by atoms with Gasteiger partial charge in [0.15, 0.2) is 0 Å². The number of halogens is 1. The summed E-state index contributed by atoms with van der Waals surface area (Å²) in [5.74, 6) is -0.0813. The first-order chi connectivity index (χ1) is 11.1. The Kier molecular flexibility index (Phi) is 6.29. The fraction of sp³-hybridized carbons (Fsp3) is 0.412. The Morgan fingerprint density at radius 3 is 2.78 bits per heavy atom. The van der Waals surface area contributed by atoms with Gasteiger partial charge in [0.05, 0.1) is 12.9 Å². The molecule has 1 heterocycles. The van der Waals surface area contributed by atoms with Gasteiger partial charge in [-0.3, -0.25) is 4.79 Å². The van der Waals surface area contributed by atoms with Crippen molar-refractivity contribution in [3.05, 3.63) is 54.4 Å². The van der Waals surface area contributed by atoms with Crippen molar-refractivity contribution in [2.24, 2.45) is 5.92 Å². The number of imidazole rings is 1. The summed E-state index contributed by atoms with van der Waals surface area (Å²) >= 11 is 0. The zero-order chi connectivity index (χ0) is 16.7. The minimum Gasteiger partial charge on any atom is -0.351 e. The maximum Gasteiger partial charge on any atom is 0.234 e. The van der Waals surface area contributed by atoms with E-state index in [9.17, 15) is 9.18 Å². The largest absolute Gasteiger partial charge is 0.351 e. The van der Waals surface area contributed by atoms with Gasteiger partial charge in [-0.05, 0) is 12.0 Å². The van der Waals surface area contributed by atoms with Crippen LogP contribution in [0.3, 0.4) is 0 Å². The fourth-order valence-electron chi connectivity index (χ4n) is 2.25. The Morgan fingerprint density at radius 2 is 2.13 bits per heavy atom. The Morgan fingerprint density at radius 1 is 1.35 bits per heavy atom. The third-order valence-electron chi connectivity index (χ3n) is 3.73. The van der Waals surface area contributed by atoms with Gasteiger partial charge in [0.1, 0.15) is 5.82 Å². The molecule has 1 aromatic heterocycles. The van der Waals surface area contributed by atoms with Gasteiger partial charge in [-0.1, -0.05) is 32.0 Å². The van der Waals surface area contributed by atoms with E-state index in [1.807, 2.05) is 10.8 Å². The number of aromatic nitrogens is 2. The first kappa shape index (κ1) is 17.1. The Labute approximate surface area is 135 Å². The summed E-state index contributed by atoms with van der Waals surface area (Å²) in [4.78, 5) is 16.0. The predicted molar refractivity (Wildman–Crippen MR) is 87.1 cm³/mol. The standard InChI is InChI=1S/C17H23FN4O/c1-13(2)16(11-22-8-7-19-12-22)20-10-17(23)21-9-14-5-3-4-6-15(14)18/h3-8,12-13,16,20H,9-11H2,1-2H3,(H,21,23). The highest BCUT2D eigenvalue weighted by molar-refractivity contribution is 5.78. The molecular formula is C17H23FN4O. The van der Waals surface area contributed by atoms with Crippen LogP contribution in [0.5, 0.6) is 0 Å². The number of nitrogens with one attached hydrogen (secondary N) is 2. The summed E-state index contributed by atoms with van der Waals surface area (Å²) in [5, 5.41) is 5.99. The molecule has 1 unspecified atom stereocenters. The highest BCUT2D eigenvalue weighted by Crippen LogP contribution is 2.06. The highest BCUT2D eigenvalue weighted by Gasteiger charge is 2.15. The molecule has 2 rings (SSSR count). The second kappa shape index (κ2) is 8.43. The van der Waals surface area contributed by atoms with E-state index in [-0.39, 0.29) is 30.9 Å². The highest BCUT2D eigenvalue weighted by atomic mass is 19.1. The lowest BCUT2D eigenvalue weighted by atomic mass is 10.0. The van der Waals surface area contributed by atoms with Crippen molar-refractivity contribution in [3.8, 4) is 0 Å². The molecule has 0 aliphatic rings. The van der Waals surface area contributed by atoms with Crippen molar-refractivity contribution in [1.29, 1.82) is 0 Å². The average Bonchev–Trinajstić information content (AvgIpc) is 3.03. The number of benzene rings is 1. The van der Waals surface area contributed by atoms with Crippen LogP contribution in [0.2, 0.25) is 0 Å². The molecule has 5 nitrogen and oxygen atoms in total. The summed E-state index contributed by atoms with van der Waals surface area (Å²) in [7, 11) is 0. The Bertz CT molecular complexity index is 613. The third kappa shape index (κ3) is 5.49. The van der Waals surface area contributed by atoms with E-state index >= 15 is 0 Å². The fourth-order valence-corrected chi connectivity index (χ4v) is 2.25. The maximum atomic E-state index is 13.5. The van der Waals surface area contributed by atoms with Crippen molar-refractivity contribution >= 4 is 5.91 Å². The lowest BCUT2D eigenvalue weighted by molar-refractivity contribution is -0.120. The van der Waals surface area contributed by atoms with Crippen LogP contribution >= 0.6 is 0 Å². The predicted octanol–water partition coefficient (Wildman–Crippen LogP) is 1.95. The quantitative estimate of drug-likeness (QED) is 0.782. The van der Waals surface area contributed by atoms with Crippen molar-refractivity contribution in [1.82, 2.24) is 20.2 Å². The number of nitrogens with zero attached hydrogens (tertiary/aromatic N) is 2. The van der Waals surface area contributed by atoms with Crippen molar-refractivity contribution in [2.75, 3.05) is 6.54 Å². The smallest absolute Gasteiger partial charge is 0.234 e. The van der Waals surface area contributed by atoms with E-state index in [1.165, 1.54) is 6.07 Å². The lowest BCUT2D eigenvalue weighted by Crippen LogP contribution is -2.43. The van der Waals surface area contributed by atoms with Gasteiger partial charge in [-0.2, -0.15) is 0 Å². The summed E-state index contributed by atoms with van der Waals surface area (Å²) in [5.41, 5.74) is 0.486. The van der Waals surface area contributed by atoms with Gasteiger partial charge in [0, 0.05) is 37.1 Å². The molecule has 0 aliphatic carbocycles. The summed E-state index contributed by atoms with van der Waals surface area (Å²) in [6, 6.07) is 6.59. The Balaban J connectivity index is 1.78. The molecule has 0 saturated carbocycles. The normalized spacial score (nSPS) is 12.3. The summed E-state index contributed by atoms with van der Waals surface area (Å²) in [6.07, 6.45) is 5.39. The SMILES string of the molecule is CC(C)C(Cn1ccnc1)NCC(=O)NCc1ccccc1F. The van der Waals surface area contributed by atoms with Crippen LogP contribution in [0, 0.1) is 11.7 Å². The molecule has 6 heteroatoms. The van der Waals surface area contributed by atoms with Crippen LogP contribution in [0.4, 0.5) is 4.39 Å². The molecule has 124 valence electrons. The zero-order valence-corrected chi connectivity index (χ0v) is 13.5. The van der Waals surface area contributed by atoms with Crippen molar-refractivity contribution in [3.63, 3.8) is 0 Å². The van der Waals surface area contributed by atoms with E-state index < -0.39 is 0 Å². The number of amides is 1. The molecule has 0 fully saturated rings. The van der Waals surface area contributed by atoms with E-state index in [2.05, 4.69) is 29.5 Å². The minimum absolute atomic E-state index is 0.149. The lowest BCUT2D eigenvalue weighted by Gasteiger charge is -2.22. The van der Waals surface area contributed by atoms with Gasteiger partial charge in [0.2, 0.25) is 5.91 Å². The molecule has 1 aromatic carbocycles. The minimum atomic E-state index is -0.305. The van der Waals surface area contributed by atoms with Crippen molar-refractivity contribution < 1.29 is 9.18 Å². The molecule has 0 spiro atoms. The molecule has 1 atom stereocenters. The van der Waals surface area contributed by atoms with E-state index in [0.717, 1.165) is 6.54 Å². The van der Waals surface area contributed by atoms with E-state index in [4.69, 9.17) is 0 Å². The van der Waals surface area contributed by atoms with Crippen LogP contribution in [-0.4, -0.2) is 28.0 Å². The number of carbonyl (C=O) groups excluding carboxylic acids is 1.